The number of benzene rings is 9. The molecule has 0 amide bonds. The number of hydrogen-bond donors (Lipinski definition) is 0. The third-order valence-corrected chi connectivity index (χ3v) is 10.2. The smallest absolute Gasteiger partial charge is 0.0547 e. The molecule has 1 heterocycles. The van der Waals surface area contributed by atoms with Crippen LogP contribution in [0.25, 0.3) is 93.2 Å². The molecule has 0 atom stereocenters. The van der Waals surface area contributed by atoms with Gasteiger partial charge in [-0.1, -0.05) is 152 Å². The lowest BCUT2D eigenvalue weighted by atomic mass is 9.91. The van der Waals surface area contributed by atoms with E-state index >= 15 is 0 Å². The zero-order chi connectivity index (χ0) is 32.3. The zero-order valence-electron chi connectivity index (χ0n) is 26.8. The molecule has 0 saturated heterocycles. The van der Waals surface area contributed by atoms with E-state index < -0.39 is 0 Å². The van der Waals surface area contributed by atoms with Crippen LogP contribution in [0.1, 0.15) is 0 Å². The fraction of sp³-hybridized carbons (Fsp3) is 0. The van der Waals surface area contributed by atoms with Gasteiger partial charge in [-0.05, 0) is 102 Å². The molecule has 1 heteroatoms. The van der Waals surface area contributed by atoms with Gasteiger partial charge in [0.05, 0.1) is 11.0 Å². The van der Waals surface area contributed by atoms with Gasteiger partial charge in [-0.3, -0.25) is 0 Å². The monoisotopic (exact) mass is 621 g/mol. The molecule has 0 saturated carbocycles. The molecule has 0 spiro atoms. The van der Waals surface area contributed by atoms with Gasteiger partial charge in [-0.25, -0.2) is 0 Å². The van der Waals surface area contributed by atoms with E-state index in [1.54, 1.807) is 0 Å². The van der Waals surface area contributed by atoms with Crippen LogP contribution in [0, 0.1) is 0 Å². The SMILES string of the molecule is c1ccc(-c2cccc3c2c2ccccc2n3-c2cccc(-c3cccc(-c4ccc5c6ccccc6c6ccccc6c5c4)c3)c2)cc1. The lowest BCUT2D eigenvalue weighted by Gasteiger charge is -2.13. The van der Waals surface area contributed by atoms with Crippen molar-refractivity contribution >= 4 is 54.1 Å². The first-order chi connectivity index (χ1) is 24.3. The molecule has 49 heavy (non-hydrogen) atoms. The number of hydrogen-bond acceptors (Lipinski definition) is 0. The quantitative estimate of drug-likeness (QED) is 0.172. The van der Waals surface area contributed by atoms with Gasteiger partial charge in [0.1, 0.15) is 0 Å². The minimum absolute atomic E-state index is 1.16. The number of aromatic nitrogens is 1. The van der Waals surface area contributed by atoms with Gasteiger partial charge in [0.2, 0.25) is 0 Å². The van der Waals surface area contributed by atoms with Crippen molar-refractivity contribution < 1.29 is 0 Å². The molecule has 10 aromatic rings. The zero-order valence-corrected chi connectivity index (χ0v) is 26.8. The van der Waals surface area contributed by atoms with Crippen LogP contribution < -0.4 is 0 Å². The average molecular weight is 622 g/mol. The summed E-state index contributed by atoms with van der Waals surface area (Å²) in [6.07, 6.45) is 0. The summed E-state index contributed by atoms with van der Waals surface area (Å²) < 4.78 is 2.42. The van der Waals surface area contributed by atoms with Crippen LogP contribution in [-0.4, -0.2) is 4.57 Å². The molecule has 9 aromatic carbocycles. The first-order valence-corrected chi connectivity index (χ1v) is 16.9. The molecule has 1 aromatic heterocycles. The van der Waals surface area contributed by atoms with E-state index in [1.165, 1.54) is 87.5 Å². The molecular weight excluding hydrogens is 591 g/mol. The molecule has 0 aliphatic heterocycles. The molecular formula is C48H31N. The fourth-order valence-corrected chi connectivity index (χ4v) is 7.95. The van der Waals surface area contributed by atoms with E-state index in [4.69, 9.17) is 0 Å². The summed E-state index contributed by atoms with van der Waals surface area (Å²) in [7, 11) is 0. The van der Waals surface area contributed by atoms with E-state index in [0.717, 1.165) is 5.69 Å². The molecule has 10 rings (SSSR count). The number of nitrogens with zero attached hydrogens (tertiary/aromatic N) is 1. The van der Waals surface area contributed by atoms with Gasteiger partial charge in [0.15, 0.2) is 0 Å². The Bertz CT molecular complexity index is 2840. The van der Waals surface area contributed by atoms with Crippen LogP contribution in [0.15, 0.2) is 188 Å². The summed E-state index contributed by atoms with van der Waals surface area (Å²) in [5.41, 5.74) is 10.9. The third kappa shape index (κ3) is 4.40. The Labute approximate surface area is 284 Å². The van der Waals surface area contributed by atoms with Crippen molar-refractivity contribution in [3.63, 3.8) is 0 Å². The molecule has 0 N–H and O–H groups in total. The van der Waals surface area contributed by atoms with E-state index in [0.29, 0.717) is 0 Å². The highest BCUT2D eigenvalue weighted by Gasteiger charge is 2.16. The Morgan fingerprint density at radius 1 is 0.265 bits per heavy atom. The predicted molar refractivity (Wildman–Crippen MR) is 210 cm³/mol. The van der Waals surface area contributed by atoms with Crippen molar-refractivity contribution in [1.29, 1.82) is 0 Å². The standard InChI is InChI=1S/C48H31N/c1-2-13-32(14-3-1)38-24-12-26-47-48(38)44-23-8-9-25-46(44)49(47)37-18-11-17-35(30-37)33-15-10-16-34(29-33)36-27-28-43-41-21-5-4-19-39(41)40-20-6-7-22-42(40)45(43)31-36/h1-31H. The molecule has 0 aliphatic carbocycles. The van der Waals surface area contributed by atoms with E-state index in [9.17, 15) is 0 Å². The molecule has 0 unspecified atom stereocenters. The topological polar surface area (TPSA) is 4.93 Å². The highest BCUT2D eigenvalue weighted by atomic mass is 15.0. The number of fused-ring (bicyclic) bond motifs is 9. The maximum atomic E-state index is 2.42. The lowest BCUT2D eigenvalue weighted by Crippen LogP contribution is -1.94. The van der Waals surface area contributed by atoms with Crippen LogP contribution in [0.4, 0.5) is 0 Å². The molecule has 0 bridgehead atoms. The first-order valence-electron chi connectivity index (χ1n) is 16.9. The summed E-state index contributed by atoms with van der Waals surface area (Å²) in [5.74, 6) is 0. The van der Waals surface area contributed by atoms with Gasteiger partial charge < -0.3 is 4.57 Å². The van der Waals surface area contributed by atoms with Crippen molar-refractivity contribution in [3.8, 4) is 39.1 Å². The second-order valence-electron chi connectivity index (χ2n) is 12.9. The van der Waals surface area contributed by atoms with E-state index in [2.05, 4.69) is 193 Å². The Morgan fingerprint density at radius 2 is 0.755 bits per heavy atom. The van der Waals surface area contributed by atoms with Crippen LogP contribution in [0.5, 0.6) is 0 Å². The van der Waals surface area contributed by atoms with Gasteiger partial charge in [0.25, 0.3) is 0 Å². The Kier molecular flexibility index (Phi) is 6.25. The highest BCUT2D eigenvalue weighted by Crippen LogP contribution is 2.40. The van der Waals surface area contributed by atoms with Crippen LogP contribution in [0.3, 0.4) is 0 Å². The van der Waals surface area contributed by atoms with Crippen molar-refractivity contribution in [2.75, 3.05) is 0 Å². The summed E-state index contributed by atoms with van der Waals surface area (Å²) in [6.45, 7) is 0. The lowest BCUT2D eigenvalue weighted by molar-refractivity contribution is 1.18. The van der Waals surface area contributed by atoms with E-state index in [1.807, 2.05) is 0 Å². The fourth-order valence-electron chi connectivity index (χ4n) is 7.95. The molecule has 0 fully saturated rings. The van der Waals surface area contributed by atoms with Crippen molar-refractivity contribution in [3.05, 3.63) is 188 Å². The molecule has 0 aliphatic rings. The second kappa shape index (κ2) is 11.1. The van der Waals surface area contributed by atoms with Crippen molar-refractivity contribution in [1.82, 2.24) is 4.57 Å². The minimum atomic E-state index is 1.16. The minimum Gasteiger partial charge on any atom is -0.309 e. The van der Waals surface area contributed by atoms with Crippen molar-refractivity contribution in [2.24, 2.45) is 0 Å². The molecule has 1 nitrogen and oxygen atoms in total. The number of rotatable bonds is 4. The van der Waals surface area contributed by atoms with Gasteiger partial charge in [-0.2, -0.15) is 0 Å². The summed E-state index contributed by atoms with van der Waals surface area (Å²) in [6, 6.07) is 68.7. The third-order valence-electron chi connectivity index (χ3n) is 10.2. The highest BCUT2D eigenvalue weighted by molar-refractivity contribution is 6.25. The van der Waals surface area contributed by atoms with Crippen LogP contribution >= 0.6 is 0 Å². The summed E-state index contributed by atoms with van der Waals surface area (Å²) >= 11 is 0. The maximum absolute atomic E-state index is 2.42. The second-order valence-corrected chi connectivity index (χ2v) is 12.9. The largest absolute Gasteiger partial charge is 0.309 e. The Hall–Kier alpha value is -6.44. The maximum Gasteiger partial charge on any atom is 0.0547 e. The van der Waals surface area contributed by atoms with Gasteiger partial charge in [-0.15, -0.1) is 0 Å². The van der Waals surface area contributed by atoms with E-state index in [-0.39, 0.29) is 0 Å². The Morgan fingerprint density at radius 3 is 1.47 bits per heavy atom. The van der Waals surface area contributed by atoms with Crippen LogP contribution in [0.2, 0.25) is 0 Å². The molecule has 0 radical (unpaired) electrons. The molecule has 228 valence electrons. The predicted octanol–water partition coefficient (Wildman–Crippen LogP) is 13.2. The Balaban J connectivity index is 1.11. The normalized spacial score (nSPS) is 11.7. The van der Waals surface area contributed by atoms with Gasteiger partial charge >= 0.3 is 0 Å². The van der Waals surface area contributed by atoms with Gasteiger partial charge in [0, 0.05) is 16.5 Å². The average Bonchev–Trinajstić information content (AvgIpc) is 3.53. The summed E-state index contributed by atoms with van der Waals surface area (Å²) in [4.78, 5) is 0. The van der Waals surface area contributed by atoms with Crippen LogP contribution in [-0.2, 0) is 0 Å². The van der Waals surface area contributed by atoms with Crippen molar-refractivity contribution in [2.45, 2.75) is 0 Å². The number of para-hydroxylation sites is 1. The summed E-state index contributed by atoms with van der Waals surface area (Å²) in [5, 5.41) is 10.3. The first kappa shape index (κ1) is 27.7.